The average Bonchev–Trinajstić information content (AvgIpc) is 3.25. The van der Waals surface area contributed by atoms with Crippen LogP contribution in [0.5, 0.6) is 5.75 Å². The van der Waals surface area contributed by atoms with Crippen LogP contribution in [0.2, 0.25) is 0 Å². The van der Waals surface area contributed by atoms with Crippen LogP contribution in [0.4, 0.5) is 26.3 Å². The Morgan fingerprint density at radius 3 is 2.51 bits per heavy atom. The van der Waals surface area contributed by atoms with Gasteiger partial charge < -0.3 is 24.7 Å². The van der Waals surface area contributed by atoms with Gasteiger partial charge in [-0.05, 0) is 19.8 Å². The van der Waals surface area contributed by atoms with E-state index in [0.717, 1.165) is 10.8 Å². The molecule has 2 amide bonds. The SMILES string of the molecule is C[C@H]1CC[C@]2(CC(C(F)(F)F)=NO2)[C@H]2CN1C(=O)c1c(O)c(=O)c(C(=O)NCc3c(F)cc(F)cc3F)cn12. The van der Waals surface area contributed by atoms with Crippen LogP contribution in [0.1, 0.15) is 58.6 Å². The van der Waals surface area contributed by atoms with Gasteiger partial charge in [0.1, 0.15) is 23.0 Å². The normalized spacial score (nSPS) is 24.2. The lowest BCUT2D eigenvalue weighted by Gasteiger charge is -2.41. The van der Waals surface area contributed by atoms with Gasteiger partial charge in [-0.15, -0.1) is 0 Å². The minimum absolute atomic E-state index is 0.0304. The Bertz CT molecular complexity index is 1470. The fourth-order valence-electron chi connectivity index (χ4n) is 5.27. The highest BCUT2D eigenvalue weighted by Crippen LogP contribution is 2.47. The predicted molar refractivity (Wildman–Crippen MR) is 121 cm³/mol. The van der Waals surface area contributed by atoms with Crippen LogP contribution >= 0.6 is 0 Å². The van der Waals surface area contributed by atoms with Crippen molar-refractivity contribution in [1.29, 1.82) is 0 Å². The summed E-state index contributed by atoms with van der Waals surface area (Å²) in [5.41, 5.74) is -6.06. The maximum Gasteiger partial charge on any atom is 0.432 e. The summed E-state index contributed by atoms with van der Waals surface area (Å²) < 4.78 is 82.6. The lowest BCUT2D eigenvalue weighted by Crippen LogP contribution is -2.52. The van der Waals surface area contributed by atoms with Crippen molar-refractivity contribution in [3.63, 3.8) is 0 Å². The Morgan fingerprint density at radius 2 is 1.90 bits per heavy atom. The Hall–Kier alpha value is -4.04. The third-order valence-corrected chi connectivity index (χ3v) is 7.41. The van der Waals surface area contributed by atoms with Crippen LogP contribution in [-0.4, -0.2) is 56.5 Å². The molecular weight excluding hydrogens is 538 g/mol. The maximum absolute atomic E-state index is 14.0. The second kappa shape index (κ2) is 9.02. The van der Waals surface area contributed by atoms with Gasteiger partial charge in [-0.25, -0.2) is 13.2 Å². The van der Waals surface area contributed by atoms with Gasteiger partial charge in [0.05, 0.1) is 6.04 Å². The molecule has 0 radical (unpaired) electrons. The minimum Gasteiger partial charge on any atom is -0.503 e. The number of aromatic nitrogens is 1. The van der Waals surface area contributed by atoms with Gasteiger partial charge in [0.25, 0.3) is 11.8 Å². The molecule has 208 valence electrons. The molecule has 1 fully saturated rings. The molecule has 1 aromatic heterocycles. The fourth-order valence-corrected chi connectivity index (χ4v) is 5.27. The molecule has 0 saturated carbocycles. The number of nitrogens with zero attached hydrogens (tertiary/aromatic N) is 3. The van der Waals surface area contributed by atoms with E-state index in [1.807, 2.05) is 0 Å². The zero-order chi connectivity index (χ0) is 28.4. The summed E-state index contributed by atoms with van der Waals surface area (Å²) >= 11 is 0. The van der Waals surface area contributed by atoms with Crippen LogP contribution in [0.15, 0.2) is 28.3 Å². The molecule has 2 aromatic rings. The third kappa shape index (κ3) is 4.29. The van der Waals surface area contributed by atoms with E-state index in [0.29, 0.717) is 12.1 Å². The lowest BCUT2D eigenvalue weighted by atomic mass is 9.84. The Morgan fingerprint density at radius 1 is 1.23 bits per heavy atom. The minimum atomic E-state index is -4.78. The van der Waals surface area contributed by atoms with Crippen molar-refractivity contribution in [1.82, 2.24) is 14.8 Å². The fraction of sp³-hybridized carbons (Fsp3) is 0.417. The molecule has 0 aliphatic carbocycles. The monoisotopic (exact) mass is 558 g/mol. The zero-order valence-electron chi connectivity index (χ0n) is 20.1. The molecule has 3 aliphatic rings. The molecule has 3 aliphatic heterocycles. The number of nitrogens with one attached hydrogen (secondary N) is 1. The molecule has 15 heteroatoms. The number of rotatable bonds is 3. The van der Waals surface area contributed by atoms with Crippen molar-refractivity contribution in [3.05, 3.63) is 62.8 Å². The van der Waals surface area contributed by atoms with Crippen molar-refractivity contribution >= 4 is 17.5 Å². The molecule has 1 saturated heterocycles. The van der Waals surface area contributed by atoms with Gasteiger partial charge in [-0.3, -0.25) is 14.4 Å². The summed E-state index contributed by atoms with van der Waals surface area (Å²) in [7, 11) is 0. The van der Waals surface area contributed by atoms with E-state index in [4.69, 9.17) is 4.84 Å². The topological polar surface area (TPSA) is 113 Å². The van der Waals surface area contributed by atoms with Gasteiger partial charge in [-0.1, -0.05) is 5.16 Å². The second-order valence-electron chi connectivity index (χ2n) is 9.74. The number of carbonyl (C=O) groups is 2. The summed E-state index contributed by atoms with van der Waals surface area (Å²) in [5, 5.41) is 16.1. The van der Waals surface area contributed by atoms with Gasteiger partial charge in [-0.2, -0.15) is 13.2 Å². The zero-order valence-corrected chi connectivity index (χ0v) is 20.1. The summed E-state index contributed by atoms with van der Waals surface area (Å²) in [5.74, 6) is -6.88. The molecule has 2 bridgehead atoms. The van der Waals surface area contributed by atoms with Crippen molar-refractivity contribution in [3.8, 4) is 5.75 Å². The molecule has 0 unspecified atom stereocenters. The highest BCUT2D eigenvalue weighted by atomic mass is 19.4. The van der Waals surface area contributed by atoms with Crippen LogP contribution < -0.4 is 10.7 Å². The molecule has 5 rings (SSSR count). The molecule has 2 N–H and O–H groups in total. The van der Waals surface area contributed by atoms with E-state index >= 15 is 0 Å². The van der Waals surface area contributed by atoms with Crippen molar-refractivity contribution in [2.45, 2.75) is 56.6 Å². The first kappa shape index (κ1) is 26.6. The van der Waals surface area contributed by atoms with Crippen molar-refractivity contribution in [2.75, 3.05) is 6.54 Å². The average molecular weight is 558 g/mol. The number of oxime groups is 1. The Kier molecular flexibility index (Phi) is 6.14. The molecule has 3 atom stereocenters. The van der Waals surface area contributed by atoms with E-state index in [9.17, 15) is 45.8 Å². The highest BCUT2D eigenvalue weighted by Gasteiger charge is 2.57. The summed E-state index contributed by atoms with van der Waals surface area (Å²) in [6, 6.07) is -0.784. The smallest absolute Gasteiger partial charge is 0.432 e. The van der Waals surface area contributed by atoms with E-state index in [1.54, 1.807) is 6.92 Å². The van der Waals surface area contributed by atoms with Gasteiger partial charge in [0.2, 0.25) is 5.43 Å². The van der Waals surface area contributed by atoms with E-state index in [-0.39, 0.29) is 19.4 Å². The molecular formula is C24H20F6N4O5. The standard InChI is InChI=1S/C24H20F6N4O5/c1-10-2-3-23(6-16(32-39-23)24(28,29)30)17-9-33(10)22(38)18-20(36)19(35)13(8-34(17)18)21(37)31-7-12-14(26)4-11(25)5-15(12)27/h4-5,8,10,17,36H,2-3,6-7,9H2,1H3,(H,31,37)/t10-,17+,23-/m0/s1. The van der Waals surface area contributed by atoms with Gasteiger partial charge >= 0.3 is 6.18 Å². The lowest BCUT2D eigenvalue weighted by molar-refractivity contribution is -0.0658. The second-order valence-corrected chi connectivity index (χ2v) is 9.74. The van der Waals surface area contributed by atoms with E-state index < -0.39 is 99.8 Å². The van der Waals surface area contributed by atoms with Crippen LogP contribution in [-0.2, 0) is 11.4 Å². The number of alkyl halides is 3. The number of hydrogen-bond donors (Lipinski definition) is 2. The van der Waals surface area contributed by atoms with Crippen LogP contribution in [0.25, 0.3) is 0 Å². The first-order valence-electron chi connectivity index (χ1n) is 11.8. The number of aromatic hydroxyl groups is 1. The number of halogens is 6. The van der Waals surface area contributed by atoms with Gasteiger partial charge in [0, 0.05) is 49.4 Å². The first-order valence-corrected chi connectivity index (χ1v) is 11.8. The van der Waals surface area contributed by atoms with E-state index in [2.05, 4.69) is 10.5 Å². The highest BCUT2D eigenvalue weighted by molar-refractivity contribution is 5.99. The summed E-state index contributed by atoms with van der Waals surface area (Å²) in [6.45, 7) is 0.694. The van der Waals surface area contributed by atoms with Crippen molar-refractivity contribution in [2.24, 2.45) is 5.16 Å². The molecule has 9 nitrogen and oxygen atoms in total. The largest absolute Gasteiger partial charge is 0.503 e. The number of amides is 2. The summed E-state index contributed by atoms with van der Waals surface area (Å²) in [4.78, 5) is 45.7. The number of benzene rings is 1. The molecule has 39 heavy (non-hydrogen) atoms. The van der Waals surface area contributed by atoms with Crippen LogP contribution in [0, 0.1) is 17.5 Å². The Labute approximate surface area is 215 Å². The van der Waals surface area contributed by atoms with Crippen LogP contribution in [0.3, 0.4) is 0 Å². The van der Waals surface area contributed by atoms with Crippen molar-refractivity contribution < 1.29 is 45.9 Å². The number of pyridine rings is 1. The number of carbonyl (C=O) groups excluding carboxylic acids is 2. The first-order chi connectivity index (χ1) is 18.2. The number of fused-ring (bicyclic) bond motifs is 5. The summed E-state index contributed by atoms with van der Waals surface area (Å²) in [6.07, 6.45) is -4.30. The Balaban J connectivity index is 1.55. The van der Waals surface area contributed by atoms with E-state index in [1.165, 1.54) is 4.90 Å². The predicted octanol–water partition coefficient (Wildman–Crippen LogP) is 3.16. The molecule has 4 heterocycles. The number of hydrogen-bond acceptors (Lipinski definition) is 6. The third-order valence-electron chi connectivity index (χ3n) is 7.41. The maximum atomic E-state index is 14.0. The molecule has 1 aromatic carbocycles. The quantitative estimate of drug-likeness (QED) is 0.563. The molecule has 1 spiro atoms. The van der Waals surface area contributed by atoms with Gasteiger partial charge in [0.15, 0.2) is 22.8 Å².